The largest absolute Gasteiger partial charge is 0.385 e. The van der Waals surface area contributed by atoms with Crippen molar-refractivity contribution in [3.63, 3.8) is 0 Å². The third-order valence-corrected chi connectivity index (χ3v) is 2.86. The first-order valence-electron chi connectivity index (χ1n) is 5.55. The molecule has 0 saturated carbocycles. The lowest BCUT2D eigenvalue weighted by atomic mass is 10.2. The second kappa shape index (κ2) is 4.71. The maximum atomic E-state index is 13.1. The van der Waals surface area contributed by atoms with Crippen LogP contribution in [0.5, 0.6) is 0 Å². The van der Waals surface area contributed by atoms with Gasteiger partial charge in [0.1, 0.15) is 5.82 Å². The van der Waals surface area contributed by atoms with E-state index in [1.54, 1.807) is 13.2 Å². The minimum Gasteiger partial charge on any atom is -0.385 e. The Morgan fingerprint density at radius 2 is 2.29 bits per heavy atom. The second-order valence-corrected chi connectivity index (χ2v) is 4.10. The molecule has 0 radical (unpaired) electrons. The van der Waals surface area contributed by atoms with Crippen molar-refractivity contribution in [2.75, 3.05) is 19.5 Å². The van der Waals surface area contributed by atoms with E-state index in [0.717, 1.165) is 11.9 Å². The van der Waals surface area contributed by atoms with Gasteiger partial charge in [-0.2, -0.15) is 0 Å². The van der Waals surface area contributed by atoms with E-state index in [9.17, 15) is 4.39 Å². The van der Waals surface area contributed by atoms with Crippen LogP contribution in [0.25, 0.3) is 11.0 Å². The summed E-state index contributed by atoms with van der Waals surface area (Å²) >= 11 is 0. The molecule has 2 aromatic rings. The summed E-state index contributed by atoms with van der Waals surface area (Å²) < 4.78 is 20.0. The van der Waals surface area contributed by atoms with Gasteiger partial charge < -0.3 is 15.0 Å². The summed E-state index contributed by atoms with van der Waals surface area (Å²) in [6, 6.07) is 4.69. The third-order valence-electron chi connectivity index (χ3n) is 2.86. The molecule has 2 rings (SSSR count). The topological polar surface area (TPSA) is 53.1 Å². The van der Waals surface area contributed by atoms with Crippen LogP contribution < -0.4 is 5.73 Å². The third kappa shape index (κ3) is 2.24. The van der Waals surface area contributed by atoms with Crippen LogP contribution in [-0.2, 0) is 4.74 Å². The molecule has 0 fully saturated rings. The molecule has 17 heavy (non-hydrogen) atoms. The Balaban J connectivity index is 2.42. The highest BCUT2D eigenvalue weighted by atomic mass is 19.1. The van der Waals surface area contributed by atoms with Crippen LogP contribution in [0.1, 0.15) is 19.4 Å². The summed E-state index contributed by atoms with van der Waals surface area (Å²) in [6.07, 6.45) is 0.837. The first-order valence-corrected chi connectivity index (χ1v) is 5.55. The predicted molar refractivity (Wildman–Crippen MR) is 65.3 cm³/mol. The van der Waals surface area contributed by atoms with Crippen molar-refractivity contribution in [1.29, 1.82) is 0 Å². The van der Waals surface area contributed by atoms with Gasteiger partial charge in [-0.15, -0.1) is 0 Å². The Morgan fingerprint density at radius 1 is 1.53 bits per heavy atom. The highest BCUT2D eigenvalue weighted by molar-refractivity contribution is 5.78. The van der Waals surface area contributed by atoms with E-state index in [1.807, 2.05) is 11.5 Å². The summed E-state index contributed by atoms with van der Waals surface area (Å²) in [5.41, 5.74) is 7.31. The van der Waals surface area contributed by atoms with Crippen LogP contribution in [0.3, 0.4) is 0 Å². The van der Waals surface area contributed by atoms with Crippen LogP contribution in [-0.4, -0.2) is 23.3 Å². The van der Waals surface area contributed by atoms with Gasteiger partial charge in [0.2, 0.25) is 5.95 Å². The molecule has 5 heteroatoms. The van der Waals surface area contributed by atoms with Crippen molar-refractivity contribution in [1.82, 2.24) is 9.55 Å². The Labute approximate surface area is 99.2 Å². The highest BCUT2D eigenvalue weighted by Crippen LogP contribution is 2.24. The number of hydrogen-bond donors (Lipinski definition) is 1. The molecule has 0 bridgehead atoms. The first kappa shape index (κ1) is 11.9. The summed E-state index contributed by atoms with van der Waals surface area (Å²) in [6.45, 7) is 2.70. The van der Waals surface area contributed by atoms with E-state index in [-0.39, 0.29) is 11.9 Å². The molecule has 0 saturated heterocycles. The van der Waals surface area contributed by atoms with Gasteiger partial charge in [0.05, 0.1) is 11.0 Å². The fourth-order valence-electron chi connectivity index (χ4n) is 1.97. The number of anilines is 1. The number of hydrogen-bond acceptors (Lipinski definition) is 3. The molecule has 4 nitrogen and oxygen atoms in total. The molecule has 0 amide bonds. The summed E-state index contributed by atoms with van der Waals surface area (Å²) in [4.78, 5) is 4.16. The number of ether oxygens (including phenoxy) is 1. The number of aromatic nitrogens is 2. The van der Waals surface area contributed by atoms with Gasteiger partial charge in [0.25, 0.3) is 0 Å². The minimum atomic E-state index is -0.299. The van der Waals surface area contributed by atoms with E-state index < -0.39 is 0 Å². The average molecular weight is 237 g/mol. The maximum absolute atomic E-state index is 13.1. The number of nitrogen functional groups attached to an aromatic ring is 1. The van der Waals surface area contributed by atoms with Crippen LogP contribution in [0.15, 0.2) is 18.2 Å². The van der Waals surface area contributed by atoms with Crippen molar-refractivity contribution >= 4 is 17.0 Å². The quantitative estimate of drug-likeness (QED) is 0.888. The maximum Gasteiger partial charge on any atom is 0.201 e. The zero-order valence-corrected chi connectivity index (χ0v) is 9.98. The number of nitrogens with two attached hydrogens (primary N) is 1. The molecule has 1 atom stereocenters. The average Bonchev–Trinajstić information content (AvgIpc) is 2.61. The van der Waals surface area contributed by atoms with Gasteiger partial charge in [-0.3, -0.25) is 0 Å². The SMILES string of the molecule is COCCC(C)n1c(N)nc2cc(F)ccc21. The number of fused-ring (bicyclic) bond motifs is 1. The van der Waals surface area contributed by atoms with Crippen LogP contribution in [0, 0.1) is 5.82 Å². The molecule has 92 valence electrons. The zero-order chi connectivity index (χ0) is 12.4. The zero-order valence-electron chi connectivity index (χ0n) is 9.98. The van der Waals surface area contributed by atoms with Crippen molar-refractivity contribution in [2.24, 2.45) is 0 Å². The normalized spacial score (nSPS) is 13.1. The van der Waals surface area contributed by atoms with E-state index >= 15 is 0 Å². The Kier molecular flexibility index (Phi) is 3.28. The molecule has 0 aliphatic rings. The fraction of sp³-hybridized carbons (Fsp3) is 0.417. The lowest BCUT2D eigenvalue weighted by Gasteiger charge is -2.15. The predicted octanol–water partition coefficient (Wildman–Crippen LogP) is 2.36. The lowest BCUT2D eigenvalue weighted by Crippen LogP contribution is -2.10. The molecule has 1 aromatic carbocycles. The molecule has 1 unspecified atom stereocenters. The fourth-order valence-corrected chi connectivity index (χ4v) is 1.97. The van der Waals surface area contributed by atoms with Gasteiger partial charge >= 0.3 is 0 Å². The molecule has 1 heterocycles. The molecule has 0 aliphatic heterocycles. The lowest BCUT2D eigenvalue weighted by molar-refractivity contribution is 0.182. The molecular formula is C12H16FN3O. The summed E-state index contributed by atoms with van der Waals surface area (Å²) in [5.74, 6) is 0.112. The highest BCUT2D eigenvalue weighted by Gasteiger charge is 2.14. The van der Waals surface area contributed by atoms with Crippen LogP contribution in [0.4, 0.5) is 10.3 Å². The molecule has 2 N–H and O–H groups in total. The van der Waals surface area contributed by atoms with Gasteiger partial charge in [0.15, 0.2) is 0 Å². The molecular weight excluding hydrogens is 221 g/mol. The number of methoxy groups -OCH3 is 1. The summed E-state index contributed by atoms with van der Waals surface area (Å²) in [7, 11) is 1.66. The number of benzene rings is 1. The van der Waals surface area contributed by atoms with E-state index in [1.165, 1.54) is 12.1 Å². The molecule has 0 spiro atoms. The number of halogens is 1. The van der Waals surface area contributed by atoms with E-state index in [4.69, 9.17) is 10.5 Å². The van der Waals surface area contributed by atoms with E-state index in [0.29, 0.717) is 18.1 Å². The minimum absolute atomic E-state index is 0.172. The van der Waals surface area contributed by atoms with E-state index in [2.05, 4.69) is 4.98 Å². The second-order valence-electron chi connectivity index (χ2n) is 4.10. The molecule has 0 aliphatic carbocycles. The van der Waals surface area contributed by atoms with Gasteiger partial charge in [-0.25, -0.2) is 9.37 Å². The van der Waals surface area contributed by atoms with Gasteiger partial charge in [0, 0.05) is 25.8 Å². The summed E-state index contributed by atoms with van der Waals surface area (Å²) in [5, 5.41) is 0. The standard InChI is InChI=1S/C12H16FN3O/c1-8(5-6-17-2)16-11-4-3-9(13)7-10(11)15-12(16)14/h3-4,7-8H,5-6H2,1-2H3,(H2,14,15). The van der Waals surface area contributed by atoms with Crippen molar-refractivity contribution in [3.05, 3.63) is 24.0 Å². The van der Waals surface area contributed by atoms with Gasteiger partial charge in [-0.05, 0) is 25.5 Å². The van der Waals surface area contributed by atoms with Crippen molar-refractivity contribution in [3.8, 4) is 0 Å². The Morgan fingerprint density at radius 3 is 3.00 bits per heavy atom. The number of imidazole rings is 1. The Hall–Kier alpha value is -1.62. The molecule has 1 aromatic heterocycles. The van der Waals surface area contributed by atoms with Crippen molar-refractivity contribution < 1.29 is 9.13 Å². The number of nitrogens with zero attached hydrogens (tertiary/aromatic N) is 2. The Bertz CT molecular complexity index is 524. The first-order chi connectivity index (χ1) is 8.13. The van der Waals surface area contributed by atoms with Crippen LogP contribution >= 0.6 is 0 Å². The number of rotatable bonds is 4. The van der Waals surface area contributed by atoms with Crippen molar-refractivity contribution in [2.45, 2.75) is 19.4 Å². The van der Waals surface area contributed by atoms with Gasteiger partial charge in [-0.1, -0.05) is 0 Å². The van der Waals surface area contributed by atoms with Crippen LogP contribution in [0.2, 0.25) is 0 Å². The smallest absolute Gasteiger partial charge is 0.201 e. The monoisotopic (exact) mass is 237 g/mol.